The van der Waals surface area contributed by atoms with Gasteiger partial charge in [0.15, 0.2) is 0 Å². The van der Waals surface area contributed by atoms with Crippen LogP contribution in [0.5, 0.6) is 0 Å². The minimum Gasteiger partial charge on any atom is -0.393 e. The molecule has 5 heteroatoms. The predicted molar refractivity (Wildman–Crippen MR) is 129 cm³/mol. The molecule has 6 rings (SSSR count). The van der Waals surface area contributed by atoms with Crippen LogP contribution in [0.2, 0.25) is 0 Å². The molecule has 0 aliphatic heterocycles. The maximum atomic E-state index is 11.8. The second-order valence-corrected chi connectivity index (χ2v) is 10.8. The number of allylic oxidation sites excluding steroid dienone is 3. The molecule has 0 bridgehead atoms. The Labute approximate surface area is 193 Å². The van der Waals surface area contributed by atoms with E-state index in [0.717, 1.165) is 40.3 Å². The zero-order valence-electron chi connectivity index (χ0n) is 19.0. The molecule has 4 unspecified atom stereocenters. The number of hydrogen-bond acceptors (Lipinski definition) is 4. The zero-order chi connectivity index (χ0) is 23.0. The molecule has 1 aromatic carbocycles. The number of aromatic nitrogens is 1. The van der Waals surface area contributed by atoms with Gasteiger partial charge in [0.25, 0.3) is 0 Å². The van der Waals surface area contributed by atoms with Crippen LogP contribution >= 0.6 is 0 Å². The summed E-state index contributed by atoms with van der Waals surface area (Å²) in [7, 11) is 0. The van der Waals surface area contributed by atoms with Crippen molar-refractivity contribution in [2.24, 2.45) is 11.3 Å². The molecule has 1 aromatic heterocycles. The van der Waals surface area contributed by atoms with E-state index in [1.807, 2.05) is 12.1 Å². The molecule has 2 aromatic rings. The number of aromatic amines is 1. The second kappa shape index (κ2) is 7.26. The Kier molecular flexibility index (Phi) is 4.64. The molecule has 4 N–H and O–H groups in total. The van der Waals surface area contributed by atoms with E-state index in [1.165, 1.54) is 11.1 Å². The number of rotatable bonds is 1. The number of fused-ring (bicyclic) bond motifs is 4. The zero-order valence-corrected chi connectivity index (χ0v) is 19.0. The van der Waals surface area contributed by atoms with Crippen LogP contribution in [0.3, 0.4) is 0 Å². The topological polar surface area (TPSA) is 93.5 Å². The number of H-pyrrole nitrogens is 1. The van der Waals surface area contributed by atoms with Crippen LogP contribution in [-0.4, -0.2) is 38.1 Å². The summed E-state index contributed by atoms with van der Waals surface area (Å²) in [5, 5.41) is 34.8. The third kappa shape index (κ3) is 3.21. The first-order valence-electron chi connectivity index (χ1n) is 12.1. The number of aliphatic hydroxyl groups is 3. The summed E-state index contributed by atoms with van der Waals surface area (Å²) >= 11 is 0. The van der Waals surface area contributed by atoms with E-state index in [9.17, 15) is 20.1 Å². The molecule has 5 atom stereocenters. The number of pyridine rings is 1. The Morgan fingerprint density at radius 3 is 2.82 bits per heavy atom. The van der Waals surface area contributed by atoms with Crippen LogP contribution in [0.25, 0.3) is 16.3 Å². The fourth-order valence-corrected chi connectivity index (χ4v) is 7.03. The summed E-state index contributed by atoms with van der Waals surface area (Å²) in [6.07, 6.45) is 9.72. The van der Waals surface area contributed by atoms with E-state index in [2.05, 4.69) is 30.1 Å². The molecule has 1 fully saturated rings. The van der Waals surface area contributed by atoms with Gasteiger partial charge >= 0.3 is 0 Å². The molecule has 0 saturated heterocycles. The molecular formula is C28H31NO4. The molecule has 4 aliphatic carbocycles. The molecular weight excluding hydrogens is 414 g/mol. The number of benzene rings is 1. The van der Waals surface area contributed by atoms with Crippen LogP contribution in [0.1, 0.15) is 57.4 Å². The van der Waals surface area contributed by atoms with E-state index in [4.69, 9.17) is 0 Å². The Hall–Kier alpha value is -2.47. The van der Waals surface area contributed by atoms with Crippen molar-refractivity contribution in [3.05, 3.63) is 75.3 Å². The standard InChI is InChI=1S/C28H31NO4/c1-27-14-25(31)22-13-19-12-20(30)6-8-28(19,33)9-7-21(22)24(27)5-4-23(27)16-2-3-17-15-29-26(32)11-18(17)10-16/h2-4,10-11,13,15,20,24-25,30-31,33H,5-9,12,14H2,1H3,(H,29,32)/t20?,24?,25?,27?,28-/m0/s1. The Bertz CT molecular complexity index is 1300. The number of nitrogens with one attached hydrogen (secondary N) is 1. The van der Waals surface area contributed by atoms with Crippen molar-refractivity contribution < 1.29 is 15.3 Å². The second-order valence-electron chi connectivity index (χ2n) is 10.8. The molecule has 0 spiro atoms. The highest BCUT2D eigenvalue weighted by molar-refractivity contribution is 5.87. The molecule has 33 heavy (non-hydrogen) atoms. The van der Waals surface area contributed by atoms with Crippen LogP contribution in [-0.2, 0) is 0 Å². The highest BCUT2D eigenvalue weighted by Crippen LogP contribution is 2.60. The van der Waals surface area contributed by atoms with Gasteiger partial charge in [-0.05, 0) is 90.0 Å². The van der Waals surface area contributed by atoms with Gasteiger partial charge in [-0.3, -0.25) is 4.79 Å². The number of aliphatic hydroxyl groups excluding tert-OH is 2. The Morgan fingerprint density at radius 2 is 1.97 bits per heavy atom. The lowest BCUT2D eigenvalue weighted by Gasteiger charge is -2.43. The molecule has 0 amide bonds. The summed E-state index contributed by atoms with van der Waals surface area (Å²) in [6, 6.07) is 7.89. The maximum absolute atomic E-state index is 11.8. The van der Waals surface area contributed by atoms with Gasteiger partial charge < -0.3 is 20.3 Å². The molecule has 5 nitrogen and oxygen atoms in total. The van der Waals surface area contributed by atoms with Gasteiger partial charge in [-0.2, -0.15) is 0 Å². The lowest BCUT2D eigenvalue weighted by molar-refractivity contribution is 0.00863. The SMILES string of the molecule is CC12CC(O)C3=C(CC[C@@]4(O)CCC(O)CC4=C3)C1CC=C2c1ccc2c[nH]c(=O)cc2c1. The van der Waals surface area contributed by atoms with Gasteiger partial charge in [0, 0.05) is 17.7 Å². The van der Waals surface area contributed by atoms with Crippen molar-refractivity contribution in [2.45, 2.75) is 69.7 Å². The normalized spacial score (nSPS) is 35.9. The van der Waals surface area contributed by atoms with Crippen LogP contribution in [0, 0.1) is 11.3 Å². The monoisotopic (exact) mass is 445 g/mol. The summed E-state index contributed by atoms with van der Waals surface area (Å²) in [5.74, 6) is 0.284. The van der Waals surface area contributed by atoms with E-state index in [-0.39, 0.29) is 16.9 Å². The lowest BCUT2D eigenvalue weighted by atomic mass is 9.61. The average Bonchev–Trinajstić information content (AvgIpc) is 3.03. The van der Waals surface area contributed by atoms with E-state index in [1.54, 1.807) is 12.3 Å². The third-order valence-electron chi connectivity index (χ3n) is 8.85. The first kappa shape index (κ1) is 21.1. The van der Waals surface area contributed by atoms with Gasteiger partial charge in [0.2, 0.25) is 5.56 Å². The van der Waals surface area contributed by atoms with Gasteiger partial charge in [-0.25, -0.2) is 0 Å². The predicted octanol–water partition coefficient (Wildman–Crippen LogP) is 4.00. The lowest BCUT2D eigenvalue weighted by Crippen LogP contribution is -2.38. The van der Waals surface area contributed by atoms with Crippen molar-refractivity contribution in [2.75, 3.05) is 0 Å². The van der Waals surface area contributed by atoms with Gasteiger partial charge in [-0.1, -0.05) is 36.8 Å². The smallest absolute Gasteiger partial charge is 0.248 e. The minimum atomic E-state index is -0.868. The third-order valence-corrected chi connectivity index (χ3v) is 8.85. The highest BCUT2D eigenvalue weighted by atomic mass is 16.3. The number of hydrogen-bond donors (Lipinski definition) is 4. The molecule has 1 heterocycles. The summed E-state index contributed by atoms with van der Waals surface area (Å²) in [4.78, 5) is 14.6. The fourth-order valence-electron chi connectivity index (χ4n) is 7.03. The van der Waals surface area contributed by atoms with Gasteiger partial charge in [0.1, 0.15) is 0 Å². The largest absolute Gasteiger partial charge is 0.393 e. The molecule has 1 saturated carbocycles. The quantitative estimate of drug-likeness (QED) is 0.534. The minimum absolute atomic E-state index is 0.108. The van der Waals surface area contributed by atoms with Crippen molar-refractivity contribution >= 4 is 16.3 Å². The molecule has 0 radical (unpaired) electrons. The van der Waals surface area contributed by atoms with Crippen LogP contribution in [0.15, 0.2) is 64.1 Å². The first-order chi connectivity index (χ1) is 15.8. The van der Waals surface area contributed by atoms with Gasteiger partial charge in [0.05, 0.1) is 17.8 Å². The van der Waals surface area contributed by atoms with E-state index >= 15 is 0 Å². The highest BCUT2D eigenvalue weighted by Gasteiger charge is 2.50. The van der Waals surface area contributed by atoms with Crippen molar-refractivity contribution in [1.82, 2.24) is 4.98 Å². The summed E-state index contributed by atoms with van der Waals surface area (Å²) in [5.41, 5.74) is 4.29. The fraction of sp³-hybridized carbons (Fsp3) is 0.464. The van der Waals surface area contributed by atoms with Crippen molar-refractivity contribution in [3.8, 4) is 0 Å². The molecule has 4 aliphatic rings. The Balaban J connectivity index is 1.40. The van der Waals surface area contributed by atoms with Crippen molar-refractivity contribution in [3.63, 3.8) is 0 Å². The summed E-state index contributed by atoms with van der Waals surface area (Å²) in [6.45, 7) is 2.26. The van der Waals surface area contributed by atoms with E-state index < -0.39 is 17.8 Å². The van der Waals surface area contributed by atoms with E-state index in [0.29, 0.717) is 32.1 Å². The van der Waals surface area contributed by atoms with Crippen LogP contribution in [0.4, 0.5) is 0 Å². The maximum Gasteiger partial charge on any atom is 0.248 e. The first-order valence-corrected chi connectivity index (χ1v) is 12.1. The van der Waals surface area contributed by atoms with Gasteiger partial charge in [-0.15, -0.1) is 0 Å². The summed E-state index contributed by atoms with van der Waals surface area (Å²) < 4.78 is 0. The average molecular weight is 446 g/mol. The van der Waals surface area contributed by atoms with Crippen molar-refractivity contribution in [1.29, 1.82) is 0 Å². The molecule has 172 valence electrons. The van der Waals surface area contributed by atoms with Crippen LogP contribution < -0.4 is 5.56 Å². The Morgan fingerprint density at radius 1 is 1.12 bits per heavy atom.